The van der Waals surface area contributed by atoms with Gasteiger partial charge < -0.3 is 4.74 Å². The minimum atomic E-state index is -4.12. The maximum Gasteiger partial charge on any atom is 0.265 e. The predicted molar refractivity (Wildman–Crippen MR) is 132 cm³/mol. The van der Waals surface area contributed by atoms with Crippen LogP contribution in [0.1, 0.15) is 5.56 Å². The maximum absolute atomic E-state index is 13.2. The van der Waals surface area contributed by atoms with Gasteiger partial charge in [0.25, 0.3) is 15.6 Å². The van der Waals surface area contributed by atoms with E-state index in [9.17, 15) is 13.2 Å². The molecule has 4 rings (SSSR count). The molecule has 0 saturated carbocycles. The summed E-state index contributed by atoms with van der Waals surface area (Å²) >= 11 is 13.4. The molecule has 1 heterocycles. The summed E-state index contributed by atoms with van der Waals surface area (Å²) < 4.78 is 34.5. The van der Waals surface area contributed by atoms with Crippen molar-refractivity contribution in [3.05, 3.63) is 86.6 Å². The Balaban J connectivity index is 1.65. The van der Waals surface area contributed by atoms with Crippen molar-refractivity contribution >= 4 is 61.8 Å². The van der Waals surface area contributed by atoms with E-state index < -0.39 is 15.6 Å². The Hall–Kier alpha value is -2.72. The Kier molecular flexibility index (Phi) is 6.85. The summed E-state index contributed by atoms with van der Waals surface area (Å²) in [4.78, 5) is 19.4. The number of thioether (sulfide) groups is 1. The third kappa shape index (κ3) is 5.44. The molecular formula is C22H17Cl2N3O4S2. The van der Waals surface area contributed by atoms with Crippen molar-refractivity contribution in [1.82, 2.24) is 9.97 Å². The Labute approximate surface area is 204 Å². The van der Waals surface area contributed by atoms with Crippen molar-refractivity contribution in [2.45, 2.75) is 16.7 Å². The number of halogens is 2. The highest BCUT2D eigenvalue weighted by Crippen LogP contribution is 2.33. The van der Waals surface area contributed by atoms with Gasteiger partial charge in [0.1, 0.15) is 16.6 Å². The average Bonchev–Trinajstić information content (AvgIpc) is 2.76. The number of sulfonamides is 1. The first-order valence-electron chi connectivity index (χ1n) is 9.56. The number of hydrogen-bond acceptors (Lipinski definition) is 6. The SMILES string of the molecule is Cc1cc(S(=O)(=O)Nc2nc3cc(Cl)ccc3c(=O)[nH]2)c(SCOc2ccccc2)cc1Cl. The van der Waals surface area contributed by atoms with Gasteiger partial charge in [-0.25, -0.2) is 18.1 Å². The van der Waals surface area contributed by atoms with Crippen LogP contribution in [0.3, 0.4) is 0 Å². The number of rotatable bonds is 7. The van der Waals surface area contributed by atoms with Gasteiger partial charge in [-0.3, -0.25) is 9.78 Å². The number of benzene rings is 3. The molecule has 0 radical (unpaired) electrons. The summed E-state index contributed by atoms with van der Waals surface area (Å²) in [6.45, 7) is 1.70. The van der Waals surface area contributed by atoms with Gasteiger partial charge in [0.15, 0.2) is 0 Å². The Bertz CT molecular complexity index is 1490. The highest BCUT2D eigenvalue weighted by atomic mass is 35.5. The number of H-pyrrole nitrogens is 1. The van der Waals surface area contributed by atoms with Crippen LogP contribution in [-0.2, 0) is 10.0 Å². The first-order valence-corrected chi connectivity index (χ1v) is 12.8. The van der Waals surface area contributed by atoms with Crippen molar-refractivity contribution in [1.29, 1.82) is 0 Å². The second-order valence-electron chi connectivity index (χ2n) is 6.95. The van der Waals surface area contributed by atoms with Crippen molar-refractivity contribution in [3.63, 3.8) is 0 Å². The summed E-state index contributed by atoms with van der Waals surface area (Å²) in [7, 11) is -4.12. The zero-order chi connectivity index (χ0) is 23.6. The van der Waals surface area contributed by atoms with E-state index in [2.05, 4.69) is 14.7 Å². The van der Waals surface area contributed by atoms with Crippen LogP contribution in [0.25, 0.3) is 10.9 Å². The Morgan fingerprint density at radius 1 is 1.09 bits per heavy atom. The van der Waals surface area contributed by atoms with Crippen LogP contribution in [0.5, 0.6) is 5.75 Å². The normalized spacial score (nSPS) is 11.5. The van der Waals surface area contributed by atoms with E-state index in [4.69, 9.17) is 27.9 Å². The molecule has 1 aromatic heterocycles. The van der Waals surface area contributed by atoms with Gasteiger partial charge in [0, 0.05) is 14.9 Å². The van der Waals surface area contributed by atoms with E-state index in [0.717, 1.165) is 0 Å². The molecule has 11 heteroatoms. The van der Waals surface area contributed by atoms with Gasteiger partial charge in [-0.2, -0.15) is 0 Å². The lowest BCUT2D eigenvalue weighted by Gasteiger charge is -2.14. The highest BCUT2D eigenvalue weighted by molar-refractivity contribution is 8.00. The summed E-state index contributed by atoms with van der Waals surface area (Å²) in [6.07, 6.45) is 0. The molecule has 0 atom stereocenters. The number of para-hydroxylation sites is 1. The van der Waals surface area contributed by atoms with Crippen LogP contribution in [0.15, 0.2) is 75.2 Å². The first kappa shape index (κ1) is 23.4. The molecule has 3 aromatic carbocycles. The molecule has 0 spiro atoms. The molecule has 0 amide bonds. The van der Waals surface area contributed by atoms with Crippen molar-refractivity contribution in [3.8, 4) is 5.75 Å². The van der Waals surface area contributed by atoms with Crippen LogP contribution in [0.2, 0.25) is 10.0 Å². The van der Waals surface area contributed by atoms with Crippen LogP contribution in [-0.4, -0.2) is 24.3 Å². The number of aromatic amines is 1. The van der Waals surface area contributed by atoms with Crippen LogP contribution in [0, 0.1) is 6.92 Å². The highest BCUT2D eigenvalue weighted by Gasteiger charge is 2.22. The van der Waals surface area contributed by atoms with Gasteiger partial charge in [-0.1, -0.05) is 53.2 Å². The van der Waals surface area contributed by atoms with E-state index >= 15 is 0 Å². The van der Waals surface area contributed by atoms with Gasteiger partial charge in [0.2, 0.25) is 5.95 Å². The molecule has 0 fully saturated rings. The molecule has 7 nitrogen and oxygen atoms in total. The predicted octanol–water partition coefficient (Wildman–Crippen LogP) is 5.47. The lowest BCUT2D eigenvalue weighted by atomic mass is 10.2. The Morgan fingerprint density at radius 3 is 2.61 bits per heavy atom. The molecule has 4 aromatic rings. The van der Waals surface area contributed by atoms with Gasteiger partial charge in [-0.15, -0.1) is 0 Å². The molecule has 0 saturated heterocycles. The summed E-state index contributed by atoms with van der Waals surface area (Å²) in [6, 6.07) is 16.8. The minimum absolute atomic E-state index is 0.0140. The molecule has 0 unspecified atom stereocenters. The van der Waals surface area contributed by atoms with Crippen LogP contribution >= 0.6 is 35.0 Å². The second kappa shape index (κ2) is 9.64. The largest absolute Gasteiger partial charge is 0.483 e. The lowest BCUT2D eigenvalue weighted by molar-refractivity contribution is 0.393. The molecule has 2 N–H and O–H groups in total. The fourth-order valence-corrected chi connectivity index (χ4v) is 5.72. The van der Waals surface area contributed by atoms with Crippen molar-refractivity contribution in [2.75, 3.05) is 10.7 Å². The first-order chi connectivity index (χ1) is 15.7. The number of fused-ring (bicyclic) bond motifs is 1. The number of nitrogens with zero attached hydrogens (tertiary/aromatic N) is 1. The fraction of sp³-hybridized carbons (Fsp3) is 0.0909. The van der Waals surface area contributed by atoms with Crippen LogP contribution < -0.4 is 15.0 Å². The van der Waals surface area contributed by atoms with Crippen LogP contribution in [0.4, 0.5) is 5.95 Å². The zero-order valence-corrected chi connectivity index (χ0v) is 20.3. The molecule has 0 aliphatic carbocycles. The monoisotopic (exact) mass is 521 g/mol. The number of aromatic nitrogens is 2. The van der Waals surface area contributed by atoms with Gasteiger partial charge in [-0.05, 0) is 55.0 Å². The topological polar surface area (TPSA) is 101 Å². The third-order valence-corrected chi connectivity index (χ3v) is 7.63. The lowest BCUT2D eigenvalue weighted by Crippen LogP contribution is -2.19. The zero-order valence-electron chi connectivity index (χ0n) is 17.1. The molecule has 0 aliphatic heterocycles. The van der Waals surface area contributed by atoms with Crippen molar-refractivity contribution in [2.24, 2.45) is 0 Å². The number of nitrogens with one attached hydrogen (secondary N) is 2. The van der Waals surface area contributed by atoms with Crippen molar-refractivity contribution < 1.29 is 13.2 Å². The van der Waals surface area contributed by atoms with E-state index in [1.807, 2.05) is 18.2 Å². The number of anilines is 1. The van der Waals surface area contributed by atoms with Gasteiger partial charge in [0.05, 0.1) is 10.9 Å². The van der Waals surface area contributed by atoms with E-state index in [-0.39, 0.29) is 22.3 Å². The Morgan fingerprint density at radius 2 is 1.85 bits per heavy atom. The smallest absolute Gasteiger partial charge is 0.265 e. The minimum Gasteiger partial charge on any atom is -0.483 e. The van der Waals surface area contributed by atoms with E-state index in [1.165, 1.54) is 30.0 Å². The number of ether oxygens (including phenoxy) is 1. The molecular weight excluding hydrogens is 505 g/mol. The van der Waals surface area contributed by atoms with E-state index in [0.29, 0.717) is 31.6 Å². The van der Waals surface area contributed by atoms with Gasteiger partial charge >= 0.3 is 0 Å². The summed E-state index contributed by atoms with van der Waals surface area (Å²) in [5.41, 5.74) is 0.353. The summed E-state index contributed by atoms with van der Waals surface area (Å²) in [5, 5.41) is 1.09. The molecule has 0 bridgehead atoms. The third-order valence-electron chi connectivity index (χ3n) is 4.60. The standard InChI is InChI=1S/C22H17Cl2N3O4S2/c1-13-9-20(19(11-17(13)24)32-12-31-15-5-3-2-4-6-15)33(29,30)27-22-25-18-10-14(23)7-8-16(18)21(28)26-22/h2-11H,12H2,1H3,(H2,25,26,27,28). The fourth-order valence-electron chi connectivity index (χ4n) is 2.98. The summed E-state index contributed by atoms with van der Waals surface area (Å²) in [5.74, 6) is 0.594. The molecule has 170 valence electrons. The maximum atomic E-state index is 13.2. The second-order valence-corrected chi connectivity index (χ2v) is 10.4. The van der Waals surface area contributed by atoms with E-state index in [1.54, 1.807) is 31.2 Å². The number of aryl methyl sites for hydroxylation is 1. The number of hydrogen-bond donors (Lipinski definition) is 2. The average molecular weight is 522 g/mol. The molecule has 33 heavy (non-hydrogen) atoms. The molecule has 0 aliphatic rings. The quantitative estimate of drug-likeness (QED) is 0.247.